The third-order valence-corrected chi connectivity index (χ3v) is 3.87. The van der Waals surface area contributed by atoms with E-state index in [0.717, 1.165) is 5.56 Å². The second-order valence-corrected chi connectivity index (χ2v) is 5.88. The van der Waals surface area contributed by atoms with Gasteiger partial charge in [0.25, 0.3) is 5.91 Å². The number of nitrogens with zero attached hydrogens (tertiary/aromatic N) is 4. The molecule has 0 bridgehead atoms. The molecular weight excluding hydrogens is 360 g/mol. The van der Waals surface area contributed by atoms with Gasteiger partial charge in [0.1, 0.15) is 12.1 Å². The Bertz CT molecular complexity index is 1090. The molecule has 0 aliphatic carbocycles. The van der Waals surface area contributed by atoms with Crippen molar-refractivity contribution in [3.63, 3.8) is 0 Å². The fraction of sp³-hybridized carbons (Fsp3) is 0.105. The highest BCUT2D eigenvalue weighted by Gasteiger charge is 2.14. The van der Waals surface area contributed by atoms with Crippen LogP contribution in [0.1, 0.15) is 22.1 Å². The van der Waals surface area contributed by atoms with Crippen LogP contribution in [0.2, 0.25) is 0 Å². The number of aromatic nitrogens is 5. The van der Waals surface area contributed by atoms with Crippen molar-refractivity contribution in [1.29, 1.82) is 0 Å². The number of aryl methyl sites for hydroxylation is 1. The normalized spacial score (nSPS) is 10.6. The number of nitrogens with one attached hydrogen (secondary N) is 2. The molecule has 0 aliphatic rings. The molecule has 2 aromatic heterocycles. The van der Waals surface area contributed by atoms with Gasteiger partial charge in [0.2, 0.25) is 11.7 Å². The van der Waals surface area contributed by atoms with E-state index < -0.39 is 0 Å². The van der Waals surface area contributed by atoms with Crippen molar-refractivity contribution < 1.29 is 14.1 Å². The summed E-state index contributed by atoms with van der Waals surface area (Å²) in [6.07, 6.45) is 1.43. The molecule has 9 heteroatoms. The molecule has 1 amide bonds. The van der Waals surface area contributed by atoms with Crippen LogP contribution in [0.25, 0.3) is 11.4 Å². The molecule has 2 N–H and O–H groups in total. The number of benzene rings is 2. The highest BCUT2D eigenvalue weighted by Crippen LogP contribution is 2.23. The van der Waals surface area contributed by atoms with E-state index in [9.17, 15) is 4.79 Å². The lowest BCUT2D eigenvalue weighted by molar-refractivity contribution is 0.102. The van der Waals surface area contributed by atoms with Gasteiger partial charge in [-0.2, -0.15) is 10.1 Å². The largest absolute Gasteiger partial charge is 0.485 e. The quantitative estimate of drug-likeness (QED) is 0.531. The van der Waals surface area contributed by atoms with Gasteiger partial charge in [0.15, 0.2) is 12.4 Å². The van der Waals surface area contributed by atoms with Gasteiger partial charge in [-0.25, -0.2) is 4.98 Å². The monoisotopic (exact) mass is 376 g/mol. The summed E-state index contributed by atoms with van der Waals surface area (Å²) < 4.78 is 10.6. The van der Waals surface area contributed by atoms with Gasteiger partial charge in [0.05, 0.1) is 5.56 Å². The third kappa shape index (κ3) is 3.88. The van der Waals surface area contributed by atoms with Crippen LogP contribution < -0.4 is 10.1 Å². The molecular formula is C19H16N6O3. The Hall–Kier alpha value is -4.01. The number of para-hydroxylation sites is 1. The number of hydrogen-bond acceptors (Lipinski definition) is 7. The topological polar surface area (TPSA) is 119 Å². The summed E-state index contributed by atoms with van der Waals surface area (Å²) in [6.45, 7) is 1.80. The van der Waals surface area contributed by atoms with Gasteiger partial charge in [-0.3, -0.25) is 9.89 Å². The van der Waals surface area contributed by atoms with Crippen molar-refractivity contribution in [3.8, 4) is 17.1 Å². The third-order valence-electron chi connectivity index (χ3n) is 3.87. The molecule has 2 heterocycles. The molecule has 4 aromatic rings. The molecule has 0 saturated heterocycles. The summed E-state index contributed by atoms with van der Waals surface area (Å²) in [4.78, 5) is 21.0. The highest BCUT2D eigenvalue weighted by molar-refractivity contribution is 6.06. The van der Waals surface area contributed by atoms with Gasteiger partial charge in [-0.1, -0.05) is 29.4 Å². The van der Waals surface area contributed by atoms with Crippen LogP contribution in [0.5, 0.6) is 5.75 Å². The fourth-order valence-corrected chi connectivity index (χ4v) is 2.61. The first-order chi connectivity index (χ1) is 13.7. The van der Waals surface area contributed by atoms with Crippen molar-refractivity contribution in [3.05, 3.63) is 72.1 Å². The molecule has 9 nitrogen and oxygen atoms in total. The standard InChI is InChI=1S/C19H16N6O3/c1-12-22-17(25-28-12)10-27-16-8-3-2-7-15(16)19(26)23-14-6-4-5-13(9-14)18-20-11-21-24-18/h2-9,11H,10H2,1H3,(H,23,26)(H,20,21,24). The number of anilines is 1. The SMILES string of the molecule is Cc1nc(COc2ccccc2C(=O)Nc2cccc(-c3ncn[nH]3)c2)no1. The molecule has 4 rings (SSSR count). The van der Waals surface area contributed by atoms with E-state index in [0.29, 0.717) is 34.5 Å². The van der Waals surface area contributed by atoms with Crippen LogP contribution in [0, 0.1) is 6.92 Å². The zero-order chi connectivity index (χ0) is 19.3. The molecule has 0 aliphatic heterocycles. The van der Waals surface area contributed by atoms with E-state index >= 15 is 0 Å². The zero-order valence-electron chi connectivity index (χ0n) is 14.9. The maximum atomic E-state index is 12.8. The minimum Gasteiger partial charge on any atom is -0.485 e. The van der Waals surface area contributed by atoms with Crippen molar-refractivity contribution in [2.45, 2.75) is 13.5 Å². The number of hydrogen-bond donors (Lipinski definition) is 2. The van der Waals surface area contributed by atoms with Gasteiger partial charge in [-0.15, -0.1) is 0 Å². The second kappa shape index (κ2) is 7.70. The number of rotatable bonds is 6. The summed E-state index contributed by atoms with van der Waals surface area (Å²) in [6, 6.07) is 14.3. The van der Waals surface area contributed by atoms with E-state index in [4.69, 9.17) is 9.26 Å². The van der Waals surface area contributed by atoms with Gasteiger partial charge in [0, 0.05) is 18.2 Å². The maximum absolute atomic E-state index is 12.8. The van der Waals surface area contributed by atoms with Crippen LogP contribution in [0.3, 0.4) is 0 Å². The molecule has 2 aromatic carbocycles. The Kier molecular flexibility index (Phi) is 4.79. The van der Waals surface area contributed by atoms with E-state index in [1.165, 1.54) is 6.33 Å². The average Bonchev–Trinajstić information content (AvgIpc) is 3.39. The summed E-state index contributed by atoms with van der Waals surface area (Å²) in [5.74, 6) is 1.61. The molecule has 0 unspecified atom stereocenters. The van der Waals surface area contributed by atoms with Crippen molar-refractivity contribution in [1.82, 2.24) is 25.3 Å². The van der Waals surface area contributed by atoms with Gasteiger partial charge < -0.3 is 14.6 Å². The molecule has 140 valence electrons. The average molecular weight is 376 g/mol. The summed E-state index contributed by atoms with van der Waals surface area (Å²) in [5.41, 5.74) is 1.84. The van der Waals surface area contributed by atoms with Gasteiger partial charge >= 0.3 is 0 Å². The van der Waals surface area contributed by atoms with E-state index in [1.807, 2.05) is 18.2 Å². The smallest absolute Gasteiger partial charge is 0.259 e. The Labute approximate surface area is 159 Å². The fourth-order valence-electron chi connectivity index (χ4n) is 2.61. The maximum Gasteiger partial charge on any atom is 0.259 e. The Balaban J connectivity index is 1.50. The van der Waals surface area contributed by atoms with E-state index in [-0.39, 0.29) is 12.5 Å². The van der Waals surface area contributed by atoms with Crippen LogP contribution in [-0.2, 0) is 6.61 Å². The molecule has 0 radical (unpaired) electrons. The van der Waals surface area contributed by atoms with Gasteiger partial charge in [-0.05, 0) is 24.3 Å². The molecule has 0 fully saturated rings. The van der Waals surface area contributed by atoms with Crippen LogP contribution >= 0.6 is 0 Å². The lowest BCUT2D eigenvalue weighted by Gasteiger charge is -2.11. The Morgan fingerprint density at radius 2 is 2.11 bits per heavy atom. The summed E-state index contributed by atoms with van der Waals surface area (Å²) in [5, 5.41) is 13.3. The predicted octanol–water partition coefficient (Wildman–Crippen LogP) is 2.99. The first-order valence-corrected chi connectivity index (χ1v) is 8.47. The summed E-state index contributed by atoms with van der Waals surface area (Å²) in [7, 11) is 0. The predicted molar refractivity (Wildman–Crippen MR) is 99.6 cm³/mol. The first-order valence-electron chi connectivity index (χ1n) is 8.47. The van der Waals surface area contributed by atoms with E-state index in [2.05, 4.69) is 30.6 Å². The summed E-state index contributed by atoms with van der Waals surface area (Å²) >= 11 is 0. The number of amides is 1. The number of carbonyl (C=O) groups is 1. The Morgan fingerprint density at radius 3 is 2.89 bits per heavy atom. The van der Waals surface area contributed by atoms with Crippen molar-refractivity contribution in [2.75, 3.05) is 5.32 Å². The van der Waals surface area contributed by atoms with Crippen LogP contribution in [0.15, 0.2) is 59.4 Å². The Morgan fingerprint density at radius 1 is 1.21 bits per heavy atom. The number of carbonyl (C=O) groups excluding carboxylic acids is 1. The van der Waals surface area contributed by atoms with Crippen LogP contribution in [0.4, 0.5) is 5.69 Å². The molecule has 0 saturated carbocycles. The molecule has 0 spiro atoms. The number of ether oxygens (including phenoxy) is 1. The van der Waals surface area contributed by atoms with Crippen LogP contribution in [-0.4, -0.2) is 31.2 Å². The number of H-pyrrole nitrogens is 1. The van der Waals surface area contributed by atoms with E-state index in [1.54, 1.807) is 37.3 Å². The molecule has 28 heavy (non-hydrogen) atoms. The zero-order valence-corrected chi connectivity index (χ0v) is 14.9. The first kappa shape index (κ1) is 17.4. The lowest BCUT2D eigenvalue weighted by Crippen LogP contribution is -2.14. The minimum atomic E-state index is -0.297. The van der Waals surface area contributed by atoms with Crippen molar-refractivity contribution in [2.24, 2.45) is 0 Å². The highest BCUT2D eigenvalue weighted by atomic mass is 16.5. The number of aromatic amines is 1. The second-order valence-electron chi connectivity index (χ2n) is 5.88. The lowest BCUT2D eigenvalue weighted by atomic mass is 10.1. The minimum absolute atomic E-state index is 0.0998. The molecule has 0 atom stereocenters. The van der Waals surface area contributed by atoms with Crippen molar-refractivity contribution >= 4 is 11.6 Å².